The van der Waals surface area contributed by atoms with E-state index in [0.717, 1.165) is 11.0 Å². The van der Waals surface area contributed by atoms with Crippen molar-refractivity contribution in [3.8, 4) is 0 Å². The molecule has 0 fully saturated rings. The van der Waals surface area contributed by atoms with Crippen molar-refractivity contribution in [1.29, 1.82) is 0 Å². The molecule has 2 N–H and O–H groups in total. The van der Waals surface area contributed by atoms with E-state index >= 15 is 0 Å². The van der Waals surface area contributed by atoms with Crippen LogP contribution in [0.25, 0.3) is 0 Å². The lowest BCUT2D eigenvalue weighted by atomic mass is 10.3. The summed E-state index contributed by atoms with van der Waals surface area (Å²) >= 11 is 1.69. The molecule has 90 valence electrons. The summed E-state index contributed by atoms with van der Waals surface area (Å²) in [6, 6.07) is 5.44. The van der Waals surface area contributed by atoms with Gasteiger partial charge in [0.25, 0.3) is 5.56 Å². The van der Waals surface area contributed by atoms with Gasteiger partial charge in [0.15, 0.2) is 0 Å². The average molecular weight is 251 g/mol. The molecule has 2 aromatic heterocycles. The fraction of sp³-hybridized carbons (Fsp3) is 0.273. The van der Waals surface area contributed by atoms with Gasteiger partial charge < -0.3 is 5.32 Å². The fourth-order valence-corrected chi connectivity index (χ4v) is 2.13. The van der Waals surface area contributed by atoms with Crippen LogP contribution >= 0.6 is 11.3 Å². The second-order valence-electron chi connectivity index (χ2n) is 3.64. The monoisotopic (exact) mass is 251 g/mol. The number of nitrogens with zero attached hydrogens (tertiary/aromatic N) is 1. The summed E-state index contributed by atoms with van der Waals surface area (Å²) in [6.45, 7) is 0.684. The lowest BCUT2D eigenvalue weighted by Crippen LogP contribution is -2.32. The maximum Gasteiger partial charge on any atom is 0.329 e. The van der Waals surface area contributed by atoms with E-state index in [1.54, 1.807) is 11.3 Å². The number of hydrogen-bond donors (Lipinski definition) is 2. The van der Waals surface area contributed by atoms with E-state index in [-0.39, 0.29) is 5.56 Å². The van der Waals surface area contributed by atoms with Crippen molar-refractivity contribution < 1.29 is 0 Å². The van der Waals surface area contributed by atoms with E-state index in [4.69, 9.17) is 0 Å². The number of anilines is 1. The predicted molar refractivity (Wildman–Crippen MR) is 68.8 cm³/mol. The van der Waals surface area contributed by atoms with Crippen molar-refractivity contribution in [1.82, 2.24) is 9.55 Å². The molecule has 0 spiro atoms. The molecule has 0 aliphatic carbocycles. The molecule has 0 saturated carbocycles. The highest BCUT2D eigenvalue weighted by molar-refractivity contribution is 7.09. The van der Waals surface area contributed by atoms with Gasteiger partial charge in [-0.2, -0.15) is 0 Å². The highest BCUT2D eigenvalue weighted by atomic mass is 32.1. The maximum absolute atomic E-state index is 11.4. The van der Waals surface area contributed by atoms with Gasteiger partial charge in [-0.05, 0) is 17.9 Å². The molecule has 17 heavy (non-hydrogen) atoms. The van der Waals surface area contributed by atoms with Gasteiger partial charge in [-0.25, -0.2) is 4.79 Å². The van der Waals surface area contributed by atoms with E-state index in [1.807, 2.05) is 11.4 Å². The summed E-state index contributed by atoms with van der Waals surface area (Å²) < 4.78 is 1.03. The molecule has 2 heterocycles. The summed E-state index contributed by atoms with van der Waals surface area (Å²) in [5.41, 5.74) is -0.719. The molecule has 0 aromatic carbocycles. The minimum atomic E-state index is -0.406. The van der Waals surface area contributed by atoms with Crippen molar-refractivity contribution in [2.45, 2.75) is 6.42 Å². The lowest BCUT2D eigenvalue weighted by Gasteiger charge is -2.05. The third-order valence-corrected chi connectivity index (χ3v) is 3.35. The third kappa shape index (κ3) is 2.85. The average Bonchev–Trinajstić information content (AvgIpc) is 2.79. The lowest BCUT2D eigenvalue weighted by molar-refractivity contribution is 0.775. The number of nitrogens with one attached hydrogen (secondary N) is 2. The number of rotatable bonds is 4. The quantitative estimate of drug-likeness (QED) is 0.844. The zero-order chi connectivity index (χ0) is 12.3. The van der Waals surface area contributed by atoms with Crippen LogP contribution in [0.5, 0.6) is 0 Å². The Hall–Kier alpha value is -1.82. The zero-order valence-corrected chi connectivity index (χ0v) is 10.2. The molecule has 0 amide bonds. The number of aromatic amines is 1. The Labute approximate surface area is 102 Å². The van der Waals surface area contributed by atoms with E-state index < -0.39 is 5.69 Å². The van der Waals surface area contributed by atoms with E-state index in [0.29, 0.717) is 12.4 Å². The van der Waals surface area contributed by atoms with Gasteiger partial charge in [-0.1, -0.05) is 6.07 Å². The van der Waals surface area contributed by atoms with E-state index in [1.165, 1.54) is 18.0 Å². The van der Waals surface area contributed by atoms with Gasteiger partial charge in [0.2, 0.25) is 0 Å². The van der Waals surface area contributed by atoms with E-state index in [2.05, 4.69) is 16.4 Å². The third-order valence-electron chi connectivity index (χ3n) is 2.41. The minimum absolute atomic E-state index is 0.313. The van der Waals surface area contributed by atoms with Gasteiger partial charge in [0.1, 0.15) is 5.82 Å². The molecule has 2 aromatic rings. The van der Waals surface area contributed by atoms with Gasteiger partial charge in [-0.3, -0.25) is 14.3 Å². The number of hydrogen-bond acceptors (Lipinski definition) is 4. The molecule has 0 atom stereocenters. The molecular formula is C11H13N3O2S. The SMILES string of the molecule is Cn1c(=O)cc(NCCc2cccs2)[nH]c1=O. The second-order valence-corrected chi connectivity index (χ2v) is 4.67. The van der Waals surface area contributed by atoms with Gasteiger partial charge >= 0.3 is 5.69 Å². The highest BCUT2D eigenvalue weighted by Crippen LogP contribution is 2.08. The zero-order valence-electron chi connectivity index (χ0n) is 9.40. The number of thiophene rings is 1. The molecule has 0 bridgehead atoms. The Morgan fingerprint density at radius 2 is 2.29 bits per heavy atom. The molecule has 0 unspecified atom stereocenters. The first-order valence-electron chi connectivity index (χ1n) is 5.23. The van der Waals surface area contributed by atoms with Crippen LogP contribution in [-0.2, 0) is 13.5 Å². The molecule has 0 aliphatic rings. The maximum atomic E-state index is 11.4. The summed E-state index contributed by atoms with van der Waals surface area (Å²) in [6.07, 6.45) is 0.870. The number of H-pyrrole nitrogens is 1. The van der Waals surface area contributed by atoms with Crippen molar-refractivity contribution >= 4 is 17.2 Å². The Bertz CT molecular complexity index is 567. The first-order valence-corrected chi connectivity index (χ1v) is 6.11. The molecule has 2 rings (SSSR count). The van der Waals surface area contributed by atoms with Crippen LogP contribution in [0.1, 0.15) is 4.88 Å². The predicted octanol–water partition coefficient (Wildman–Crippen LogP) is 0.790. The van der Waals surface area contributed by atoms with Crippen molar-refractivity contribution in [2.24, 2.45) is 7.05 Å². The van der Waals surface area contributed by atoms with Crippen LogP contribution in [0.15, 0.2) is 33.2 Å². The first-order chi connectivity index (χ1) is 8.16. The summed E-state index contributed by atoms with van der Waals surface area (Å²) in [4.78, 5) is 26.5. The Balaban J connectivity index is 2.00. The van der Waals surface area contributed by atoms with Crippen LogP contribution in [0, 0.1) is 0 Å². The van der Waals surface area contributed by atoms with Crippen molar-refractivity contribution in [3.05, 3.63) is 49.3 Å². The number of aromatic nitrogens is 2. The minimum Gasteiger partial charge on any atom is -0.371 e. The topological polar surface area (TPSA) is 66.9 Å². The highest BCUT2D eigenvalue weighted by Gasteiger charge is 2.00. The van der Waals surface area contributed by atoms with Crippen LogP contribution in [0.4, 0.5) is 5.82 Å². The normalized spacial score (nSPS) is 10.4. The summed E-state index contributed by atoms with van der Waals surface area (Å²) in [7, 11) is 1.44. The van der Waals surface area contributed by atoms with Crippen molar-refractivity contribution in [2.75, 3.05) is 11.9 Å². The summed E-state index contributed by atoms with van der Waals surface area (Å²) in [5.74, 6) is 0.467. The standard InChI is InChI=1S/C11H13N3O2S/c1-14-10(15)7-9(13-11(14)16)12-5-4-8-3-2-6-17-8/h2-3,6-7,12H,4-5H2,1H3,(H,13,16). The van der Waals surface area contributed by atoms with Crippen LogP contribution < -0.4 is 16.6 Å². The molecule has 6 heteroatoms. The Kier molecular flexibility index (Phi) is 3.43. The van der Waals surface area contributed by atoms with Gasteiger partial charge in [0.05, 0.1) is 0 Å². The van der Waals surface area contributed by atoms with E-state index in [9.17, 15) is 9.59 Å². The molecule has 0 radical (unpaired) electrons. The fourth-order valence-electron chi connectivity index (χ4n) is 1.43. The largest absolute Gasteiger partial charge is 0.371 e. The molecule has 0 aliphatic heterocycles. The first kappa shape index (κ1) is 11.7. The van der Waals surface area contributed by atoms with Crippen LogP contribution in [0.2, 0.25) is 0 Å². The van der Waals surface area contributed by atoms with Crippen molar-refractivity contribution in [3.63, 3.8) is 0 Å². The Morgan fingerprint density at radius 3 is 2.94 bits per heavy atom. The van der Waals surface area contributed by atoms with Crippen LogP contribution in [0.3, 0.4) is 0 Å². The Morgan fingerprint density at radius 1 is 1.47 bits per heavy atom. The van der Waals surface area contributed by atoms with Gasteiger partial charge in [0, 0.05) is 24.5 Å². The molecule has 0 saturated heterocycles. The van der Waals surface area contributed by atoms with Crippen LogP contribution in [-0.4, -0.2) is 16.1 Å². The second kappa shape index (κ2) is 5.01. The molecular weight excluding hydrogens is 238 g/mol. The molecule has 5 nitrogen and oxygen atoms in total. The smallest absolute Gasteiger partial charge is 0.329 e. The van der Waals surface area contributed by atoms with Gasteiger partial charge in [-0.15, -0.1) is 11.3 Å². The summed E-state index contributed by atoms with van der Waals surface area (Å²) in [5, 5.41) is 5.05.